The van der Waals surface area contributed by atoms with Crippen LogP contribution in [0.3, 0.4) is 0 Å². The Morgan fingerprint density at radius 3 is 2.83 bits per heavy atom. The summed E-state index contributed by atoms with van der Waals surface area (Å²) in [5.74, 6) is 1.15. The summed E-state index contributed by atoms with van der Waals surface area (Å²) in [6.07, 6.45) is 8.68. The summed E-state index contributed by atoms with van der Waals surface area (Å²) in [4.78, 5) is 7.08. The molecule has 98 valence electrons. The van der Waals surface area contributed by atoms with Crippen molar-refractivity contribution in [3.05, 3.63) is 23.9 Å². The van der Waals surface area contributed by atoms with Gasteiger partial charge in [-0.2, -0.15) is 0 Å². The van der Waals surface area contributed by atoms with Crippen molar-refractivity contribution < 1.29 is 0 Å². The van der Waals surface area contributed by atoms with E-state index in [9.17, 15) is 0 Å². The Bertz CT molecular complexity index is 383. The number of hydrogen-bond acceptors (Lipinski definition) is 3. The molecule has 2 fully saturated rings. The maximum absolute atomic E-state index is 4.64. The molecule has 1 aliphatic carbocycles. The Balaban J connectivity index is 1.61. The third-order valence-corrected chi connectivity index (χ3v) is 4.08. The molecule has 1 aromatic rings. The highest BCUT2D eigenvalue weighted by atomic mass is 15.2. The van der Waals surface area contributed by atoms with E-state index in [4.69, 9.17) is 0 Å². The Morgan fingerprint density at radius 1 is 1.28 bits per heavy atom. The summed E-state index contributed by atoms with van der Waals surface area (Å²) in [5.41, 5.74) is 1.30. The van der Waals surface area contributed by atoms with Crippen molar-refractivity contribution in [3.63, 3.8) is 0 Å². The number of pyridine rings is 1. The minimum absolute atomic E-state index is 0.640. The fourth-order valence-corrected chi connectivity index (χ4v) is 2.68. The summed E-state index contributed by atoms with van der Waals surface area (Å²) in [7, 11) is 0. The summed E-state index contributed by atoms with van der Waals surface area (Å²) in [6.45, 7) is 4.44. The van der Waals surface area contributed by atoms with E-state index in [0.717, 1.165) is 24.9 Å². The molecule has 0 bridgehead atoms. The summed E-state index contributed by atoms with van der Waals surface area (Å²) >= 11 is 0. The van der Waals surface area contributed by atoms with Crippen LogP contribution in [0.5, 0.6) is 0 Å². The first-order valence-corrected chi connectivity index (χ1v) is 7.28. The SMILES string of the molecule is CC1CCCCN1c1ccc(CNC2CC2)cn1. The van der Waals surface area contributed by atoms with Crippen LogP contribution >= 0.6 is 0 Å². The Hall–Kier alpha value is -1.09. The van der Waals surface area contributed by atoms with Gasteiger partial charge in [-0.3, -0.25) is 0 Å². The third-order valence-electron chi connectivity index (χ3n) is 4.08. The van der Waals surface area contributed by atoms with E-state index >= 15 is 0 Å². The van der Waals surface area contributed by atoms with Gasteiger partial charge in [0.1, 0.15) is 5.82 Å². The molecule has 2 heterocycles. The van der Waals surface area contributed by atoms with Crippen LogP contribution in [0.4, 0.5) is 5.82 Å². The molecule has 1 aliphatic heterocycles. The highest BCUT2D eigenvalue weighted by Crippen LogP contribution is 2.23. The maximum atomic E-state index is 4.64. The van der Waals surface area contributed by atoms with Crippen molar-refractivity contribution >= 4 is 5.82 Å². The van der Waals surface area contributed by atoms with E-state index in [0.29, 0.717) is 6.04 Å². The standard InChI is InChI=1S/C15H23N3/c1-12-4-2-3-9-18(12)15-8-5-13(11-17-15)10-16-14-6-7-14/h5,8,11-12,14,16H,2-4,6-7,9-10H2,1H3. The number of aromatic nitrogens is 1. The molecule has 0 spiro atoms. The number of anilines is 1. The van der Waals surface area contributed by atoms with Gasteiger partial charge >= 0.3 is 0 Å². The van der Waals surface area contributed by atoms with E-state index in [2.05, 4.69) is 34.3 Å². The maximum Gasteiger partial charge on any atom is 0.128 e. The van der Waals surface area contributed by atoms with Gasteiger partial charge in [0, 0.05) is 31.4 Å². The third kappa shape index (κ3) is 2.83. The first-order valence-electron chi connectivity index (χ1n) is 7.28. The van der Waals surface area contributed by atoms with Crippen LogP contribution in [0.2, 0.25) is 0 Å². The largest absolute Gasteiger partial charge is 0.354 e. The fourth-order valence-electron chi connectivity index (χ4n) is 2.68. The van der Waals surface area contributed by atoms with Crippen molar-refractivity contribution in [2.45, 2.75) is 57.7 Å². The lowest BCUT2D eigenvalue weighted by Crippen LogP contribution is -2.37. The predicted molar refractivity (Wildman–Crippen MR) is 74.8 cm³/mol. The number of nitrogens with one attached hydrogen (secondary N) is 1. The smallest absolute Gasteiger partial charge is 0.128 e. The highest BCUT2D eigenvalue weighted by Gasteiger charge is 2.21. The average Bonchev–Trinajstić information content (AvgIpc) is 3.22. The monoisotopic (exact) mass is 245 g/mol. The number of nitrogens with zero attached hydrogens (tertiary/aromatic N) is 2. The molecule has 1 saturated heterocycles. The molecule has 0 amide bonds. The zero-order valence-electron chi connectivity index (χ0n) is 11.2. The molecule has 3 nitrogen and oxygen atoms in total. The van der Waals surface area contributed by atoms with Gasteiger partial charge in [0.05, 0.1) is 0 Å². The molecule has 3 rings (SSSR count). The molecule has 1 saturated carbocycles. The van der Waals surface area contributed by atoms with Crippen molar-refractivity contribution in [1.82, 2.24) is 10.3 Å². The van der Waals surface area contributed by atoms with Crippen LogP contribution in [-0.2, 0) is 6.54 Å². The molecular formula is C15H23N3. The molecule has 1 unspecified atom stereocenters. The first-order chi connectivity index (χ1) is 8.83. The molecule has 2 aliphatic rings. The van der Waals surface area contributed by atoms with Crippen molar-refractivity contribution in [2.75, 3.05) is 11.4 Å². The molecule has 0 aromatic carbocycles. The lowest BCUT2D eigenvalue weighted by molar-refractivity contribution is 0.481. The second-order valence-corrected chi connectivity index (χ2v) is 5.72. The van der Waals surface area contributed by atoms with Crippen LogP contribution in [0.25, 0.3) is 0 Å². The van der Waals surface area contributed by atoms with Crippen LogP contribution < -0.4 is 10.2 Å². The Labute approximate surface area is 110 Å². The molecule has 1 aromatic heterocycles. The minimum Gasteiger partial charge on any atom is -0.354 e. The normalized spacial score (nSPS) is 24.3. The molecular weight excluding hydrogens is 222 g/mol. The van der Waals surface area contributed by atoms with E-state index in [1.807, 2.05) is 6.20 Å². The van der Waals surface area contributed by atoms with Gasteiger partial charge in [-0.05, 0) is 50.7 Å². The second kappa shape index (κ2) is 5.27. The van der Waals surface area contributed by atoms with Gasteiger partial charge in [0.15, 0.2) is 0 Å². The lowest BCUT2D eigenvalue weighted by Gasteiger charge is -2.34. The second-order valence-electron chi connectivity index (χ2n) is 5.72. The van der Waals surface area contributed by atoms with Crippen molar-refractivity contribution in [1.29, 1.82) is 0 Å². The van der Waals surface area contributed by atoms with Crippen LogP contribution in [0.15, 0.2) is 18.3 Å². The molecule has 0 radical (unpaired) electrons. The Morgan fingerprint density at radius 2 is 2.17 bits per heavy atom. The lowest BCUT2D eigenvalue weighted by atomic mass is 10.0. The van der Waals surface area contributed by atoms with Crippen molar-refractivity contribution in [2.24, 2.45) is 0 Å². The van der Waals surface area contributed by atoms with E-state index < -0.39 is 0 Å². The summed E-state index contributed by atoms with van der Waals surface area (Å²) in [5, 5.41) is 3.53. The summed E-state index contributed by atoms with van der Waals surface area (Å²) in [6, 6.07) is 5.82. The van der Waals surface area contributed by atoms with Gasteiger partial charge in [-0.25, -0.2) is 4.98 Å². The van der Waals surface area contributed by atoms with E-state index in [1.165, 1.54) is 37.7 Å². The predicted octanol–water partition coefficient (Wildman–Crippen LogP) is 2.71. The van der Waals surface area contributed by atoms with Gasteiger partial charge in [0.25, 0.3) is 0 Å². The van der Waals surface area contributed by atoms with E-state index in [1.54, 1.807) is 0 Å². The molecule has 1 N–H and O–H groups in total. The Kier molecular flexibility index (Phi) is 3.50. The van der Waals surface area contributed by atoms with Gasteiger partial charge in [-0.1, -0.05) is 6.07 Å². The summed E-state index contributed by atoms with van der Waals surface area (Å²) < 4.78 is 0. The van der Waals surface area contributed by atoms with Gasteiger partial charge in [-0.15, -0.1) is 0 Å². The zero-order chi connectivity index (χ0) is 12.4. The quantitative estimate of drug-likeness (QED) is 0.884. The molecule has 3 heteroatoms. The average molecular weight is 245 g/mol. The van der Waals surface area contributed by atoms with Crippen LogP contribution in [0, 0.1) is 0 Å². The number of piperidine rings is 1. The van der Waals surface area contributed by atoms with Gasteiger partial charge in [0.2, 0.25) is 0 Å². The van der Waals surface area contributed by atoms with Gasteiger partial charge < -0.3 is 10.2 Å². The zero-order valence-corrected chi connectivity index (χ0v) is 11.2. The van der Waals surface area contributed by atoms with Crippen LogP contribution in [0.1, 0.15) is 44.6 Å². The molecule has 18 heavy (non-hydrogen) atoms. The van der Waals surface area contributed by atoms with Crippen LogP contribution in [-0.4, -0.2) is 23.6 Å². The number of hydrogen-bond donors (Lipinski definition) is 1. The van der Waals surface area contributed by atoms with E-state index in [-0.39, 0.29) is 0 Å². The van der Waals surface area contributed by atoms with Crippen molar-refractivity contribution in [3.8, 4) is 0 Å². The number of rotatable bonds is 4. The highest BCUT2D eigenvalue weighted by molar-refractivity contribution is 5.40. The minimum atomic E-state index is 0.640. The topological polar surface area (TPSA) is 28.2 Å². The fraction of sp³-hybridized carbons (Fsp3) is 0.667. The first kappa shape index (κ1) is 12.0. The molecule has 1 atom stereocenters.